The maximum absolute atomic E-state index is 17.3. The Labute approximate surface area is 262 Å². The zero-order valence-electron chi connectivity index (χ0n) is 25.8. The van der Waals surface area contributed by atoms with Gasteiger partial charge in [-0.25, -0.2) is 18.0 Å². The first kappa shape index (κ1) is 30.8. The van der Waals surface area contributed by atoms with E-state index in [0.29, 0.717) is 11.3 Å². The summed E-state index contributed by atoms with van der Waals surface area (Å²) in [4.78, 5) is 53.7. The molecule has 2 aromatic carbocycles. The smallest absolute Gasteiger partial charge is 0.354 e. The molecule has 1 fully saturated rings. The molecular weight excluding hydrogens is 601 g/mol. The molecule has 10 nitrogen and oxygen atoms in total. The molecule has 2 amide bonds. The summed E-state index contributed by atoms with van der Waals surface area (Å²) in [5.74, 6) is -6.09. The number of benzene rings is 2. The molecule has 0 aliphatic carbocycles. The lowest BCUT2D eigenvalue weighted by atomic mass is 9.97. The van der Waals surface area contributed by atoms with Crippen LogP contribution in [-0.4, -0.2) is 68.6 Å². The average molecular weight is 633 g/mol. The van der Waals surface area contributed by atoms with Crippen LogP contribution in [0.1, 0.15) is 37.9 Å². The Morgan fingerprint density at radius 2 is 1.80 bits per heavy atom. The molecule has 238 valence electrons. The molecule has 0 bridgehead atoms. The van der Waals surface area contributed by atoms with Crippen molar-refractivity contribution < 1.29 is 27.9 Å². The minimum Gasteiger partial charge on any atom is -0.507 e. The standard InChI is InChI=1S/C33H31F3N6O4/c1-7-21(44)40-13-17(5)41-19(14-40)32(45)39(6)29-24-30(26(36)23(25(29)35)22-18(34)9-8-10-20(22)43)42(33(46)38-31(24)41)28-16(4)11-12-37-27(28)15(2)3/h7-12,15,17,19,43H,1,13-14H2,2-6H3. The first-order chi connectivity index (χ1) is 21.8. The van der Waals surface area contributed by atoms with E-state index in [2.05, 4.69) is 16.5 Å². The van der Waals surface area contributed by atoms with Crippen LogP contribution in [0.5, 0.6) is 5.75 Å². The molecule has 6 rings (SSSR count). The Morgan fingerprint density at radius 3 is 2.46 bits per heavy atom. The van der Waals surface area contributed by atoms with Gasteiger partial charge in [0.25, 0.3) is 5.91 Å². The van der Waals surface area contributed by atoms with E-state index in [9.17, 15) is 19.5 Å². The van der Waals surface area contributed by atoms with Crippen LogP contribution < -0.4 is 15.5 Å². The molecule has 0 saturated carbocycles. The number of rotatable bonds is 4. The third kappa shape index (κ3) is 4.36. The normalized spacial score (nSPS) is 17.8. The number of piperazine rings is 1. The quantitative estimate of drug-likeness (QED) is 0.328. The van der Waals surface area contributed by atoms with E-state index in [1.807, 2.05) is 13.8 Å². The van der Waals surface area contributed by atoms with Crippen LogP contribution in [0.2, 0.25) is 0 Å². The fourth-order valence-electron chi connectivity index (χ4n) is 6.63. The van der Waals surface area contributed by atoms with Crippen LogP contribution in [-0.2, 0) is 9.59 Å². The van der Waals surface area contributed by atoms with Crippen LogP contribution in [0.15, 0.2) is 47.9 Å². The third-order valence-corrected chi connectivity index (χ3v) is 8.71. The van der Waals surface area contributed by atoms with Gasteiger partial charge in [-0.1, -0.05) is 26.5 Å². The predicted octanol–water partition coefficient (Wildman–Crippen LogP) is 4.57. The fraction of sp³-hybridized carbons (Fsp3) is 0.303. The summed E-state index contributed by atoms with van der Waals surface area (Å²) < 4.78 is 50.5. The van der Waals surface area contributed by atoms with Crippen molar-refractivity contribution in [2.24, 2.45) is 0 Å². The van der Waals surface area contributed by atoms with Gasteiger partial charge in [-0.3, -0.25) is 19.1 Å². The van der Waals surface area contributed by atoms with Gasteiger partial charge in [0.2, 0.25) is 5.91 Å². The van der Waals surface area contributed by atoms with Crippen molar-refractivity contribution in [1.29, 1.82) is 0 Å². The highest BCUT2D eigenvalue weighted by molar-refractivity contribution is 6.14. The van der Waals surface area contributed by atoms with E-state index in [-0.39, 0.29) is 35.9 Å². The van der Waals surface area contributed by atoms with Crippen molar-refractivity contribution in [3.05, 3.63) is 82.3 Å². The first-order valence-corrected chi connectivity index (χ1v) is 14.7. The minimum atomic E-state index is -1.34. The zero-order valence-corrected chi connectivity index (χ0v) is 25.8. The van der Waals surface area contributed by atoms with Crippen molar-refractivity contribution in [2.45, 2.75) is 45.7 Å². The number of pyridine rings is 1. The van der Waals surface area contributed by atoms with Crippen molar-refractivity contribution >= 4 is 34.2 Å². The minimum absolute atomic E-state index is 0.102. The number of aryl methyl sites for hydroxylation is 1. The topological polar surface area (TPSA) is 112 Å². The molecule has 0 radical (unpaired) electrons. The molecule has 2 aromatic heterocycles. The molecule has 1 saturated heterocycles. The fourth-order valence-corrected chi connectivity index (χ4v) is 6.63. The van der Waals surface area contributed by atoms with Crippen LogP contribution in [0.3, 0.4) is 0 Å². The lowest BCUT2D eigenvalue weighted by molar-refractivity contribution is -0.129. The van der Waals surface area contributed by atoms with Gasteiger partial charge in [0.15, 0.2) is 11.6 Å². The number of carbonyl (C=O) groups excluding carboxylic acids is 2. The molecule has 2 aliphatic heterocycles. The Morgan fingerprint density at radius 1 is 1.09 bits per heavy atom. The Kier molecular flexibility index (Phi) is 7.37. The second-order valence-corrected chi connectivity index (χ2v) is 11.9. The van der Waals surface area contributed by atoms with E-state index in [1.54, 1.807) is 26.1 Å². The lowest BCUT2D eigenvalue weighted by Gasteiger charge is -2.45. The highest BCUT2D eigenvalue weighted by atomic mass is 19.1. The van der Waals surface area contributed by atoms with Crippen molar-refractivity contribution in [2.75, 3.05) is 29.9 Å². The summed E-state index contributed by atoms with van der Waals surface area (Å²) in [6.45, 7) is 10.5. The van der Waals surface area contributed by atoms with Gasteiger partial charge < -0.3 is 19.8 Å². The van der Waals surface area contributed by atoms with Crippen LogP contribution in [0.4, 0.5) is 24.7 Å². The lowest BCUT2D eigenvalue weighted by Crippen LogP contribution is -2.63. The van der Waals surface area contributed by atoms with Gasteiger partial charge in [-0.15, -0.1) is 0 Å². The largest absolute Gasteiger partial charge is 0.507 e. The predicted molar refractivity (Wildman–Crippen MR) is 167 cm³/mol. The number of likely N-dealkylation sites (N-methyl/N-ethyl adjacent to an activating group) is 1. The van der Waals surface area contributed by atoms with Crippen LogP contribution in [0.25, 0.3) is 27.7 Å². The van der Waals surface area contributed by atoms with E-state index in [1.165, 1.54) is 22.9 Å². The summed E-state index contributed by atoms with van der Waals surface area (Å²) in [7, 11) is 1.28. The van der Waals surface area contributed by atoms with Gasteiger partial charge in [0.1, 0.15) is 28.9 Å². The number of anilines is 2. The molecule has 2 atom stereocenters. The average Bonchev–Trinajstić information content (AvgIpc) is 3.09. The highest BCUT2D eigenvalue weighted by Gasteiger charge is 2.46. The molecule has 1 N–H and O–H groups in total. The summed E-state index contributed by atoms with van der Waals surface area (Å²) in [5, 5.41) is 10.5. The number of halogens is 3. The van der Waals surface area contributed by atoms with Crippen LogP contribution in [0, 0.1) is 24.4 Å². The number of phenols is 1. The molecule has 46 heavy (non-hydrogen) atoms. The molecule has 13 heteroatoms. The van der Waals surface area contributed by atoms with Crippen molar-refractivity contribution in [1.82, 2.24) is 19.4 Å². The molecule has 2 unspecified atom stereocenters. The molecular formula is C33H31F3N6O4. The Balaban J connectivity index is 1.84. The third-order valence-electron chi connectivity index (χ3n) is 8.71. The number of aromatic hydroxyl groups is 1. The summed E-state index contributed by atoms with van der Waals surface area (Å²) in [6.07, 6.45) is 2.66. The second-order valence-electron chi connectivity index (χ2n) is 11.9. The second kappa shape index (κ2) is 11.0. The SMILES string of the molecule is C=CC(=O)N1CC(C)N2c3nc(=O)n(-c4c(C)ccnc4C(C)C)c4c(F)c(-c5c(O)cccc5F)c(F)c(c34)N(C)C(=O)C2C1. The molecule has 4 aromatic rings. The van der Waals surface area contributed by atoms with Gasteiger partial charge in [-0.2, -0.15) is 4.98 Å². The number of hydrogen-bond donors (Lipinski definition) is 1. The monoisotopic (exact) mass is 632 g/mol. The number of amides is 2. The zero-order chi connectivity index (χ0) is 33.4. The maximum Gasteiger partial charge on any atom is 0.354 e. The number of hydrogen-bond acceptors (Lipinski definition) is 7. The molecule has 2 aliphatic rings. The highest BCUT2D eigenvalue weighted by Crippen LogP contribution is 2.48. The number of phenolic OH excluding ortho intramolecular Hbond substituents is 1. The number of nitrogens with zero attached hydrogens (tertiary/aromatic N) is 6. The Bertz CT molecular complexity index is 2020. The first-order valence-electron chi connectivity index (χ1n) is 14.7. The number of aromatic nitrogens is 3. The van der Waals surface area contributed by atoms with E-state index >= 15 is 13.2 Å². The summed E-state index contributed by atoms with van der Waals surface area (Å²) >= 11 is 0. The molecule has 4 heterocycles. The molecule has 0 spiro atoms. The number of carbonyl (C=O) groups is 2. The Hall–Kier alpha value is -5.20. The van der Waals surface area contributed by atoms with E-state index in [0.717, 1.165) is 27.7 Å². The summed E-state index contributed by atoms with van der Waals surface area (Å²) in [5.41, 5.74) is -2.49. The van der Waals surface area contributed by atoms with Gasteiger partial charge in [0, 0.05) is 25.8 Å². The van der Waals surface area contributed by atoms with Crippen LogP contribution >= 0.6 is 0 Å². The van der Waals surface area contributed by atoms with E-state index in [4.69, 9.17) is 0 Å². The van der Waals surface area contributed by atoms with Gasteiger partial charge in [-0.05, 0) is 49.6 Å². The van der Waals surface area contributed by atoms with Gasteiger partial charge >= 0.3 is 5.69 Å². The van der Waals surface area contributed by atoms with Crippen molar-refractivity contribution in [3.63, 3.8) is 0 Å². The number of fused-ring (bicyclic) bond motifs is 2. The maximum atomic E-state index is 17.3. The van der Waals surface area contributed by atoms with Gasteiger partial charge in [0.05, 0.1) is 40.1 Å². The van der Waals surface area contributed by atoms with Crippen molar-refractivity contribution in [3.8, 4) is 22.6 Å². The van der Waals surface area contributed by atoms with E-state index < -0.39 is 75.1 Å². The summed E-state index contributed by atoms with van der Waals surface area (Å²) in [6, 6.07) is 3.04.